The summed E-state index contributed by atoms with van der Waals surface area (Å²) < 4.78 is 27.3. The van der Waals surface area contributed by atoms with Crippen LogP contribution in [0.5, 0.6) is 0 Å². The summed E-state index contributed by atoms with van der Waals surface area (Å²) in [7, 11) is -3.81. The lowest BCUT2D eigenvalue weighted by Gasteiger charge is -2.11. The number of pyridine rings is 1. The first-order valence-corrected chi connectivity index (χ1v) is 9.33. The van der Waals surface area contributed by atoms with Crippen LogP contribution in [0.1, 0.15) is 23.2 Å². The number of carbonyl (C=O) groups is 1. The van der Waals surface area contributed by atoms with Crippen molar-refractivity contribution in [2.24, 2.45) is 0 Å². The summed E-state index contributed by atoms with van der Waals surface area (Å²) in [5, 5.41) is 2.63. The number of rotatable bonds is 5. The fraction of sp³-hybridized carbons (Fsp3) is 0.200. The van der Waals surface area contributed by atoms with Gasteiger partial charge in [-0.1, -0.05) is 23.2 Å². The van der Waals surface area contributed by atoms with Crippen LogP contribution in [-0.4, -0.2) is 25.4 Å². The molecule has 24 heavy (non-hydrogen) atoms. The molecule has 1 amide bonds. The topological polar surface area (TPSA) is 88.2 Å². The van der Waals surface area contributed by atoms with E-state index in [0.717, 1.165) is 12.8 Å². The van der Waals surface area contributed by atoms with Gasteiger partial charge in [-0.25, -0.2) is 13.1 Å². The van der Waals surface area contributed by atoms with Gasteiger partial charge in [0.25, 0.3) is 5.91 Å². The fourth-order valence-electron chi connectivity index (χ4n) is 2.03. The van der Waals surface area contributed by atoms with Crippen molar-refractivity contribution < 1.29 is 13.2 Å². The normalized spacial score (nSPS) is 14.4. The Kier molecular flexibility index (Phi) is 4.78. The second-order valence-corrected chi connectivity index (χ2v) is 7.85. The molecular weight excluding hydrogens is 373 g/mol. The fourth-order valence-corrected chi connectivity index (χ4v) is 4.19. The standard InChI is InChI=1S/C15H13Cl2N3O3S/c16-12-7-13(17)14(24(22,23)20-9-3-4-9)6-11(12)15(21)19-10-2-1-5-18-8-10/h1-2,5-9,20H,3-4H2,(H,19,21). The van der Waals surface area contributed by atoms with Gasteiger partial charge in [0.1, 0.15) is 4.90 Å². The van der Waals surface area contributed by atoms with E-state index < -0.39 is 15.9 Å². The maximum Gasteiger partial charge on any atom is 0.257 e. The van der Waals surface area contributed by atoms with Crippen molar-refractivity contribution in [2.75, 3.05) is 5.32 Å². The third-order valence-corrected chi connectivity index (χ3v) is 5.67. The van der Waals surface area contributed by atoms with Crippen molar-refractivity contribution in [3.05, 3.63) is 52.3 Å². The van der Waals surface area contributed by atoms with Crippen LogP contribution in [0.15, 0.2) is 41.6 Å². The molecule has 1 aromatic heterocycles. The third-order valence-electron chi connectivity index (χ3n) is 3.37. The van der Waals surface area contributed by atoms with E-state index in [4.69, 9.17) is 23.2 Å². The second kappa shape index (κ2) is 6.68. The number of anilines is 1. The predicted octanol–water partition coefficient (Wildman–Crippen LogP) is 3.08. The Balaban J connectivity index is 1.93. The lowest BCUT2D eigenvalue weighted by Crippen LogP contribution is -2.26. The Labute approximate surface area is 149 Å². The summed E-state index contributed by atoms with van der Waals surface area (Å²) >= 11 is 12.1. The van der Waals surface area contributed by atoms with E-state index in [-0.39, 0.29) is 26.5 Å². The molecule has 0 spiro atoms. The van der Waals surface area contributed by atoms with Crippen LogP contribution in [0.25, 0.3) is 0 Å². The number of hydrogen-bond acceptors (Lipinski definition) is 4. The molecular formula is C15H13Cl2N3O3S. The van der Waals surface area contributed by atoms with Crippen LogP contribution in [0.3, 0.4) is 0 Å². The minimum absolute atomic E-state index is 0.0149. The molecule has 0 bridgehead atoms. The highest BCUT2D eigenvalue weighted by atomic mass is 35.5. The van der Waals surface area contributed by atoms with Gasteiger partial charge in [0.15, 0.2) is 0 Å². The van der Waals surface area contributed by atoms with Crippen LogP contribution in [0, 0.1) is 0 Å². The van der Waals surface area contributed by atoms with Crippen LogP contribution < -0.4 is 10.0 Å². The zero-order valence-electron chi connectivity index (χ0n) is 12.3. The lowest BCUT2D eigenvalue weighted by atomic mass is 10.2. The molecule has 3 rings (SSSR count). The number of halogens is 2. The number of sulfonamides is 1. The maximum atomic E-state index is 12.4. The Bertz CT molecular complexity index is 884. The Morgan fingerprint density at radius 2 is 1.96 bits per heavy atom. The van der Waals surface area contributed by atoms with E-state index in [0.29, 0.717) is 5.69 Å². The smallest absolute Gasteiger partial charge is 0.257 e. The van der Waals surface area contributed by atoms with E-state index in [1.807, 2.05) is 0 Å². The average Bonchev–Trinajstić information content (AvgIpc) is 3.31. The van der Waals surface area contributed by atoms with E-state index >= 15 is 0 Å². The Morgan fingerprint density at radius 1 is 1.21 bits per heavy atom. The highest BCUT2D eigenvalue weighted by Crippen LogP contribution is 2.31. The number of amides is 1. The largest absolute Gasteiger partial charge is 0.321 e. The van der Waals surface area contributed by atoms with Crippen LogP contribution >= 0.6 is 23.2 Å². The molecule has 126 valence electrons. The third kappa shape index (κ3) is 3.87. The van der Waals surface area contributed by atoms with Crippen molar-refractivity contribution >= 4 is 44.8 Å². The first-order chi connectivity index (χ1) is 11.4. The molecule has 0 radical (unpaired) electrons. The number of hydrogen-bond donors (Lipinski definition) is 2. The average molecular weight is 386 g/mol. The van der Waals surface area contributed by atoms with Crippen LogP contribution in [-0.2, 0) is 10.0 Å². The van der Waals surface area contributed by atoms with Gasteiger partial charge in [-0.05, 0) is 37.1 Å². The van der Waals surface area contributed by atoms with Crippen molar-refractivity contribution in [3.8, 4) is 0 Å². The van der Waals surface area contributed by atoms with Gasteiger partial charge < -0.3 is 5.32 Å². The molecule has 1 aliphatic rings. The molecule has 1 fully saturated rings. The molecule has 0 aliphatic heterocycles. The molecule has 0 unspecified atom stereocenters. The molecule has 6 nitrogen and oxygen atoms in total. The summed E-state index contributed by atoms with van der Waals surface area (Å²) in [6, 6.07) is 5.67. The van der Waals surface area contributed by atoms with Gasteiger partial charge >= 0.3 is 0 Å². The number of nitrogens with one attached hydrogen (secondary N) is 2. The van der Waals surface area contributed by atoms with E-state index in [1.54, 1.807) is 18.3 Å². The molecule has 1 saturated carbocycles. The zero-order valence-corrected chi connectivity index (χ0v) is 14.6. The Morgan fingerprint density at radius 3 is 2.58 bits per heavy atom. The van der Waals surface area contributed by atoms with E-state index in [2.05, 4.69) is 15.0 Å². The quantitative estimate of drug-likeness (QED) is 0.827. The van der Waals surface area contributed by atoms with Crippen molar-refractivity contribution in [3.63, 3.8) is 0 Å². The van der Waals surface area contributed by atoms with Gasteiger partial charge in [-0.15, -0.1) is 0 Å². The molecule has 0 saturated heterocycles. The van der Waals surface area contributed by atoms with Crippen molar-refractivity contribution in [2.45, 2.75) is 23.8 Å². The Hall–Kier alpha value is -1.67. The number of benzene rings is 1. The highest BCUT2D eigenvalue weighted by Gasteiger charge is 2.30. The van der Waals surface area contributed by atoms with Crippen molar-refractivity contribution in [1.29, 1.82) is 0 Å². The summed E-state index contributed by atoms with van der Waals surface area (Å²) in [5.41, 5.74) is 0.482. The molecule has 2 aromatic rings. The lowest BCUT2D eigenvalue weighted by molar-refractivity contribution is 0.102. The SMILES string of the molecule is O=C(Nc1cccnc1)c1cc(S(=O)(=O)NC2CC2)c(Cl)cc1Cl. The maximum absolute atomic E-state index is 12.4. The summed E-state index contributed by atoms with van der Waals surface area (Å²) in [6.07, 6.45) is 4.62. The van der Waals surface area contributed by atoms with Gasteiger partial charge in [-0.2, -0.15) is 0 Å². The molecule has 2 N–H and O–H groups in total. The van der Waals surface area contributed by atoms with Crippen LogP contribution in [0.4, 0.5) is 5.69 Å². The highest BCUT2D eigenvalue weighted by molar-refractivity contribution is 7.89. The predicted molar refractivity (Wildman–Crippen MR) is 92.0 cm³/mol. The zero-order chi connectivity index (χ0) is 17.3. The van der Waals surface area contributed by atoms with Gasteiger partial charge in [0.2, 0.25) is 10.0 Å². The summed E-state index contributed by atoms with van der Waals surface area (Å²) in [5.74, 6) is -0.549. The molecule has 0 atom stereocenters. The summed E-state index contributed by atoms with van der Waals surface area (Å²) in [6.45, 7) is 0. The number of aromatic nitrogens is 1. The monoisotopic (exact) mass is 385 g/mol. The first-order valence-electron chi connectivity index (χ1n) is 7.09. The van der Waals surface area contributed by atoms with E-state index in [9.17, 15) is 13.2 Å². The number of carbonyl (C=O) groups excluding carboxylic acids is 1. The minimum atomic E-state index is -3.81. The first kappa shape index (κ1) is 17.2. The number of nitrogens with zero attached hydrogens (tertiary/aromatic N) is 1. The van der Waals surface area contributed by atoms with Gasteiger partial charge in [0, 0.05) is 12.2 Å². The molecule has 9 heteroatoms. The van der Waals surface area contributed by atoms with Gasteiger partial charge in [0.05, 0.1) is 27.5 Å². The van der Waals surface area contributed by atoms with Crippen LogP contribution in [0.2, 0.25) is 10.0 Å². The summed E-state index contributed by atoms with van der Waals surface area (Å²) in [4.78, 5) is 16.1. The molecule has 1 aromatic carbocycles. The van der Waals surface area contributed by atoms with E-state index in [1.165, 1.54) is 18.3 Å². The van der Waals surface area contributed by atoms with Crippen molar-refractivity contribution in [1.82, 2.24) is 9.71 Å². The second-order valence-electron chi connectivity index (χ2n) is 5.35. The molecule has 1 heterocycles. The minimum Gasteiger partial charge on any atom is -0.321 e. The molecule has 1 aliphatic carbocycles. The van der Waals surface area contributed by atoms with Gasteiger partial charge in [-0.3, -0.25) is 9.78 Å².